The van der Waals surface area contributed by atoms with Crippen molar-refractivity contribution in [1.29, 1.82) is 0 Å². The number of carboxylic acids is 1. The van der Waals surface area contributed by atoms with Crippen molar-refractivity contribution in [3.05, 3.63) is 28.0 Å². The first-order valence-electron chi connectivity index (χ1n) is 3.95. The Hall–Kier alpha value is -1.09. The Labute approximate surface area is 81.4 Å². The molecule has 1 heterocycles. The summed E-state index contributed by atoms with van der Waals surface area (Å²) < 4.78 is 0. The molecule has 0 radical (unpaired) electrons. The number of hydrogen-bond donors (Lipinski definition) is 1. The molecule has 1 N–H and O–H groups in total. The molecule has 0 fully saturated rings. The molecule has 13 heavy (non-hydrogen) atoms. The van der Waals surface area contributed by atoms with Crippen molar-refractivity contribution in [3.63, 3.8) is 0 Å². The summed E-state index contributed by atoms with van der Waals surface area (Å²) >= 11 is 5.88. The van der Waals surface area contributed by atoms with E-state index in [4.69, 9.17) is 16.7 Å². The fourth-order valence-corrected chi connectivity index (χ4v) is 1.55. The third kappa shape index (κ3) is 1.98. The number of nitrogens with zero attached hydrogens (tertiary/aromatic N) is 1. The van der Waals surface area contributed by atoms with E-state index in [9.17, 15) is 4.79 Å². The average Bonchev–Trinajstić information content (AvgIpc) is 2.02. The summed E-state index contributed by atoms with van der Waals surface area (Å²) in [6.07, 6.45) is 0.577. The van der Waals surface area contributed by atoms with Crippen LogP contribution in [0.3, 0.4) is 0 Å². The number of halogens is 1. The second kappa shape index (κ2) is 3.75. The molecule has 0 atom stereocenters. The summed E-state index contributed by atoms with van der Waals surface area (Å²) in [7, 11) is 0. The van der Waals surface area contributed by atoms with Gasteiger partial charge in [0.05, 0.1) is 0 Å². The van der Waals surface area contributed by atoms with E-state index in [1.165, 1.54) is 0 Å². The quantitative estimate of drug-likeness (QED) is 0.795. The van der Waals surface area contributed by atoms with Gasteiger partial charge >= 0.3 is 5.97 Å². The first kappa shape index (κ1) is 9.99. The Morgan fingerprint density at radius 1 is 1.69 bits per heavy atom. The molecular formula is C9H10ClNO2. The van der Waals surface area contributed by atoms with Crippen LogP contribution in [0.15, 0.2) is 6.07 Å². The van der Waals surface area contributed by atoms with Crippen LogP contribution in [0.4, 0.5) is 0 Å². The number of pyridine rings is 1. The molecule has 70 valence electrons. The molecule has 1 rings (SSSR count). The fraction of sp³-hybridized carbons (Fsp3) is 0.333. The van der Waals surface area contributed by atoms with Gasteiger partial charge < -0.3 is 5.11 Å². The second-order valence-electron chi connectivity index (χ2n) is 2.73. The summed E-state index contributed by atoms with van der Waals surface area (Å²) in [5, 5.41) is 9.30. The lowest BCUT2D eigenvalue weighted by Gasteiger charge is -2.05. The average molecular weight is 200 g/mol. The summed E-state index contributed by atoms with van der Waals surface area (Å²) in [6.45, 7) is 3.57. The minimum Gasteiger partial charge on any atom is -0.477 e. The SMILES string of the molecule is CCc1c(Cl)cc(C)nc1C(=O)O. The molecule has 0 aliphatic rings. The van der Waals surface area contributed by atoms with E-state index in [1.807, 2.05) is 6.92 Å². The van der Waals surface area contributed by atoms with Crippen LogP contribution in [0.25, 0.3) is 0 Å². The van der Waals surface area contributed by atoms with Crippen molar-refractivity contribution in [1.82, 2.24) is 4.98 Å². The first-order chi connectivity index (χ1) is 6.06. The molecule has 0 saturated carbocycles. The third-order valence-electron chi connectivity index (χ3n) is 1.75. The highest BCUT2D eigenvalue weighted by Gasteiger charge is 2.14. The number of carbonyl (C=O) groups is 1. The Bertz CT molecular complexity index is 350. The zero-order valence-corrected chi connectivity index (χ0v) is 8.22. The van der Waals surface area contributed by atoms with Gasteiger partial charge in [0.25, 0.3) is 0 Å². The smallest absolute Gasteiger partial charge is 0.354 e. The standard InChI is InChI=1S/C9H10ClNO2/c1-3-6-7(10)4-5(2)11-8(6)9(12)13/h4H,3H2,1-2H3,(H,12,13). The summed E-state index contributed by atoms with van der Waals surface area (Å²) in [4.78, 5) is 14.7. The van der Waals surface area contributed by atoms with E-state index >= 15 is 0 Å². The van der Waals surface area contributed by atoms with Gasteiger partial charge in [-0.15, -0.1) is 0 Å². The van der Waals surface area contributed by atoms with E-state index in [1.54, 1.807) is 13.0 Å². The van der Waals surface area contributed by atoms with Gasteiger partial charge in [-0.25, -0.2) is 9.78 Å². The highest BCUT2D eigenvalue weighted by molar-refractivity contribution is 6.31. The van der Waals surface area contributed by atoms with Crippen molar-refractivity contribution < 1.29 is 9.90 Å². The fourth-order valence-electron chi connectivity index (χ4n) is 1.17. The van der Waals surface area contributed by atoms with Crippen LogP contribution in [-0.2, 0) is 6.42 Å². The van der Waals surface area contributed by atoms with Crippen LogP contribution in [-0.4, -0.2) is 16.1 Å². The van der Waals surface area contributed by atoms with Crippen LogP contribution < -0.4 is 0 Å². The molecule has 1 aromatic heterocycles. The molecule has 0 aliphatic heterocycles. The van der Waals surface area contributed by atoms with Crippen LogP contribution in [0.2, 0.25) is 5.02 Å². The summed E-state index contributed by atoms with van der Waals surface area (Å²) in [5.41, 5.74) is 1.28. The number of aromatic nitrogens is 1. The van der Waals surface area contributed by atoms with E-state index in [0.717, 1.165) is 0 Å². The zero-order chi connectivity index (χ0) is 10.0. The minimum atomic E-state index is -1.03. The van der Waals surface area contributed by atoms with Crippen molar-refractivity contribution in [2.24, 2.45) is 0 Å². The predicted molar refractivity (Wildman–Crippen MR) is 50.3 cm³/mol. The number of carboxylic acid groups (broad SMARTS) is 1. The molecule has 4 heteroatoms. The first-order valence-corrected chi connectivity index (χ1v) is 4.33. The topological polar surface area (TPSA) is 50.2 Å². The molecule has 3 nitrogen and oxygen atoms in total. The maximum Gasteiger partial charge on any atom is 0.354 e. The zero-order valence-electron chi connectivity index (χ0n) is 7.47. The second-order valence-corrected chi connectivity index (χ2v) is 3.14. The number of aryl methyl sites for hydroxylation is 1. The van der Waals surface area contributed by atoms with Crippen LogP contribution in [0, 0.1) is 6.92 Å². The van der Waals surface area contributed by atoms with Gasteiger partial charge in [0.1, 0.15) is 0 Å². The number of rotatable bonds is 2. The van der Waals surface area contributed by atoms with E-state index in [-0.39, 0.29) is 5.69 Å². The molecule has 0 aliphatic carbocycles. The van der Waals surface area contributed by atoms with Gasteiger partial charge in [-0.05, 0) is 19.4 Å². The maximum atomic E-state index is 10.8. The minimum absolute atomic E-state index is 0.0625. The van der Waals surface area contributed by atoms with Crippen molar-refractivity contribution in [2.75, 3.05) is 0 Å². The van der Waals surface area contributed by atoms with Gasteiger partial charge in [0.15, 0.2) is 5.69 Å². The molecule has 0 bridgehead atoms. The Morgan fingerprint density at radius 2 is 2.31 bits per heavy atom. The monoisotopic (exact) mass is 199 g/mol. The predicted octanol–water partition coefficient (Wildman–Crippen LogP) is 2.30. The van der Waals surface area contributed by atoms with Gasteiger partial charge in [-0.3, -0.25) is 0 Å². The Morgan fingerprint density at radius 3 is 2.77 bits per heavy atom. The van der Waals surface area contributed by atoms with Crippen LogP contribution in [0.5, 0.6) is 0 Å². The Balaban J connectivity index is 3.38. The lowest BCUT2D eigenvalue weighted by Crippen LogP contribution is -2.07. The number of hydrogen-bond acceptors (Lipinski definition) is 2. The molecule has 0 aromatic carbocycles. The van der Waals surface area contributed by atoms with Crippen molar-refractivity contribution in [2.45, 2.75) is 20.3 Å². The normalized spacial score (nSPS) is 10.1. The van der Waals surface area contributed by atoms with Crippen LogP contribution >= 0.6 is 11.6 Å². The molecule has 0 amide bonds. The van der Waals surface area contributed by atoms with E-state index in [0.29, 0.717) is 22.7 Å². The van der Waals surface area contributed by atoms with Gasteiger partial charge in [-0.1, -0.05) is 18.5 Å². The lowest BCUT2D eigenvalue weighted by molar-refractivity contribution is 0.0689. The Kier molecular flexibility index (Phi) is 2.88. The molecule has 1 aromatic rings. The largest absolute Gasteiger partial charge is 0.477 e. The lowest BCUT2D eigenvalue weighted by atomic mass is 10.1. The third-order valence-corrected chi connectivity index (χ3v) is 2.09. The maximum absolute atomic E-state index is 10.8. The van der Waals surface area contributed by atoms with Gasteiger partial charge in [0, 0.05) is 16.3 Å². The number of aromatic carboxylic acids is 1. The molecule has 0 saturated heterocycles. The van der Waals surface area contributed by atoms with Crippen molar-refractivity contribution >= 4 is 17.6 Å². The highest BCUT2D eigenvalue weighted by Crippen LogP contribution is 2.20. The van der Waals surface area contributed by atoms with E-state index < -0.39 is 5.97 Å². The molecule has 0 spiro atoms. The van der Waals surface area contributed by atoms with E-state index in [2.05, 4.69) is 4.98 Å². The molecular weight excluding hydrogens is 190 g/mol. The van der Waals surface area contributed by atoms with Crippen LogP contribution in [0.1, 0.15) is 28.7 Å². The summed E-state index contributed by atoms with van der Waals surface area (Å²) in [5.74, 6) is -1.03. The highest BCUT2D eigenvalue weighted by atomic mass is 35.5. The van der Waals surface area contributed by atoms with Crippen molar-refractivity contribution in [3.8, 4) is 0 Å². The molecule has 0 unspecified atom stereocenters. The van der Waals surface area contributed by atoms with Gasteiger partial charge in [-0.2, -0.15) is 0 Å². The van der Waals surface area contributed by atoms with Gasteiger partial charge in [0.2, 0.25) is 0 Å². The summed E-state index contributed by atoms with van der Waals surface area (Å²) in [6, 6.07) is 1.67.